The number of carbonyl (C=O) groups excluding carboxylic acids is 1. The molecule has 0 bridgehead atoms. The smallest absolute Gasteiger partial charge is 0.287 e. The van der Waals surface area contributed by atoms with Crippen LogP contribution in [0.4, 0.5) is 0 Å². The summed E-state index contributed by atoms with van der Waals surface area (Å²) < 4.78 is 5.07. The van der Waals surface area contributed by atoms with Crippen LogP contribution in [-0.2, 0) is 6.54 Å². The number of carbonyl (C=O) groups is 1. The van der Waals surface area contributed by atoms with E-state index in [1.54, 1.807) is 19.2 Å². The number of hydrogen-bond acceptors (Lipinski definition) is 4. The van der Waals surface area contributed by atoms with Gasteiger partial charge in [0.15, 0.2) is 11.7 Å². The molecule has 3 rings (SSSR count). The Balaban J connectivity index is 0.00000300. The highest BCUT2D eigenvalue weighted by Gasteiger charge is 2.24. The van der Waals surface area contributed by atoms with E-state index in [4.69, 9.17) is 4.42 Å². The van der Waals surface area contributed by atoms with E-state index in [2.05, 4.69) is 56.2 Å². The fraction of sp³-hybridized carbons (Fsp3) is 0.429. The molecule has 0 aliphatic carbocycles. The highest BCUT2D eigenvalue weighted by Crippen LogP contribution is 2.19. The summed E-state index contributed by atoms with van der Waals surface area (Å²) in [6.45, 7) is 4.05. The number of likely N-dealkylation sites (tertiary alicyclic amines) is 1. The Morgan fingerprint density at radius 3 is 2.66 bits per heavy atom. The van der Waals surface area contributed by atoms with Crippen molar-refractivity contribution >= 4 is 35.8 Å². The van der Waals surface area contributed by atoms with Crippen LogP contribution >= 0.6 is 24.0 Å². The molecule has 1 fully saturated rings. The summed E-state index contributed by atoms with van der Waals surface area (Å²) >= 11 is 0. The van der Waals surface area contributed by atoms with Crippen LogP contribution in [0.25, 0.3) is 0 Å². The van der Waals surface area contributed by atoms with Crippen LogP contribution in [0, 0.1) is 0 Å². The SMILES string of the molecule is CN=C(NCCNC(=O)c1ccco1)NCC1CCCN1Cc1ccccc1.I. The molecule has 158 valence electrons. The van der Waals surface area contributed by atoms with Crippen molar-refractivity contribution in [2.75, 3.05) is 33.2 Å². The van der Waals surface area contributed by atoms with Gasteiger partial charge in [-0.25, -0.2) is 0 Å². The van der Waals surface area contributed by atoms with E-state index in [1.807, 2.05) is 0 Å². The molecule has 1 unspecified atom stereocenters. The first-order valence-electron chi connectivity index (χ1n) is 9.80. The minimum atomic E-state index is -0.211. The fourth-order valence-corrected chi connectivity index (χ4v) is 3.44. The van der Waals surface area contributed by atoms with Crippen molar-refractivity contribution in [1.29, 1.82) is 0 Å². The zero-order chi connectivity index (χ0) is 19.6. The molecule has 1 aliphatic rings. The van der Waals surface area contributed by atoms with Crippen molar-refractivity contribution < 1.29 is 9.21 Å². The zero-order valence-corrected chi connectivity index (χ0v) is 19.1. The highest BCUT2D eigenvalue weighted by atomic mass is 127. The summed E-state index contributed by atoms with van der Waals surface area (Å²) in [4.78, 5) is 18.6. The minimum Gasteiger partial charge on any atom is -0.459 e. The van der Waals surface area contributed by atoms with Gasteiger partial charge in [-0.3, -0.25) is 14.7 Å². The molecule has 1 amide bonds. The number of nitrogens with one attached hydrogen (secondary N) is 3. The number of furan rings is 1. The molecular weight excluding hydrogens is 481 g/mol. The van der Waals surface area contributed by atoms with E-state index in [0.29, 0.717) is 24.9 Å². The lowest BCUT2D eigenvalue weighted by atomic mass is 10.2. The quantitative estimate of drug-likeness (QED) is 0.220. The van der Waals surface area contributed by atoms with Crippen molar-refractivity contribution in [3.8, 4) is 0 Å². The molecule has 0 saturated carbocycles. The summed E-state index contributed by atoms with van der Waals surface area (Å²) in [5, 5.41) is 9.45. The molecule has 1 saturated heterocycles. The van der Waals surface area contributed by atoms with Crippen molar-refractivity contribution in [3.63, 3.8) is 0 Å². The maximum Gasteiger partial charge on any atom is 0.287 e. The summed E-state index contributed by atoms with van der Waals surface area (Å²) in [6.07, 6.45) is 3.91. The number of amides is 1. The number of hydrogen-bond donors (Lipinski definition) is 3. The Morgan fingerprint density at radius 1 is 1.14 bits per heavy atom. The van der Waals surface area contributed by atoms with Gasteiger partial charge < -0.3 is 20.4 Å². The van der Waals surface area contributed by atoms with Gasteiger partial charge in [-0.1, -0.05) is 30.3 Å². The molecule has 3 N–H and O–H groups in total. The maximum atomic E-state index is 11.8. The number of guanidine groups is 1. The van der Waals surface area contributed by atoms with Crippen LogP contribution in [0.5, 0.6) is 0 Å². The molecule has 1 atom stereocenters. The fourth-order valence-electron chi connectivity index (χ4n) is 3.44. The van der Waals surface area contributed by atoms with Crippen LogP contribution < -0.4 is 16.0 Å². The highest BCUT2D eigenvalue weighted by molar-refractivity contribution is 14.0. The number of aliphatic imine (C=N–C) groups is 1. The lowest BCUT2D eigenvalue weighted by Gasteiger charge is -2.25. The molecule has 0 spiro atoms. The molecular formula is C21H30IN5O2. The first-order valence-corrected chi connectivity index (χ1v) is 9.80. The second-order valence-corrected chi connectivity index (χ2v) is 6.87. The maximum absolute atomic E-state index is 11.8. The Kier molecular flexibility index (Phi) is 9.99. The molecule has 8 heteroatoms. The Hall–Kier alpha value is -2.07. The van der Waals surface area contributed by atoms with Gasteiger partial charge in [-0.2, -0.15) is 0 Å². The Morgan fingerprint density at radius 2 is 1.93 bits per heavy atom. The van der Waals surface area contributed by atoms with Crippen LogP contribution in [-0.4, -0.2) is 56.0 Å². The van der Waals surface area contributed by atoms with Gasteiger partial charge in [0.05, 0.1) is 6.26 Å². The van der Waals surface area contributed by atoms with Gasteiger partial charge in [-0.05, 0) is 37.1 Å². The largest absolute Gasteiger partial charge is 0.459 e. The Labute approximate surface area is 189 Å². The monoisotopic (exact) mass is 511 g/mol. The summed E-state index contributed by atoms with van der Waals surface area (Å²) in [7, 11) is 1.76. The summed E-state index contributed by atoms with van der Waals surface area (Å²) in [5.41, 5.74) is 1.35. The van der Waals surface area contributed by atoms with E-state index < -0.39 is 0 Å². The third-order valence-electron chi connectivity index (χ3n) is 4.90. The van der Waals surface area contributed by atoms with E-state index in [0.717, 1.165) is 25.6 Å². The Bertz CT molecular complexity index is 752. The summed E-state index contributed by atoms with van der Waals surface area (Å²) in [5.74, 6) is 0.860. The minimum absolute atomic E-state index is 0. The number of nitrogens with zero attached hydrogens (tertiary/aromatic N) is 2. The molecule has 7 nitrogen and oxygen atoms in total. The van der Waals surface area contributed by atoms with Crippen molar-refractivity contribution in [1.82, 2.24) is 20.9 Å². The van der Waals surface area contributed by atoms with E-state index >= 15 is 0 Å². The lowest BCUT2D eigenvalue weighted by molar-refractivity contribution is 0.0926. The normalized spacial score (nSPS) is 16.9. The van der Waals surface area contributed by atoms with Crippen LogP contribution in [0.2, 0.25) is 0 Å². The second-order valence-electron chi connectivity index (χ2n) is 6.87. The molecule has 1 aliphatic heterocycles. The molecule has 1 aromatic carbocycles. The van der Waals surface area contributed by atoms with Gasteiger partial charge in [0.1, 0.15) is 0 Å². The molecule has 1 aromatic heterocycles. The van der Waals surface area contributed by atoms with Crippen LogP contribution in [0.15, 0.2) is 58.1 Å². The van der Waals surface area contributed by atoms with E-state index in [-0.39, 0.29) is 29.9 Å². The summed E-state index contributed by atoms with van der Waals surface area (Å²) in [6, 6.07) is 14.4. The number of rotatable bonds is 8. The zero-order valence-electron chi connectivity index (χ0n) is 16.8. The van der Waals surface area contributed by atoms with Gasteiger partial charge >= 0.3 is 0 Å². The first-order chi connectivity index (χ1) is 13.8. The number of benzene rings is 1. The predicted molar refractivity (Wildman–Crippen MR) is 126 cm³/mol. The van der Waals surface area contributed by atoms with Crippen LogP contribution in [0.1, 0.15) is 29.0 Å². The first kappa shape index (κ1) is 23.2. The molecule has 2 heterocycles. The number of halogens is 1. The van der Waals surface area contributed by atoms with Crippen molar-refractivity contribution in [3.05, 3.63) is 60.1 Å². The van der Waals surface area contributed by atoms with Crippen molar-refractivity contribution in [2.45, 2.75) is 25.4 Å². The third-order valence-corrected chi connectivity index (χ3v) is 4.90. The lowest BCUT2D eigenvalue weighted by Crippen LogP contribution is -2.46. The standard InChI is InChI=1S/C21H29N5O2.HI/c1-22-21(24-12-11-23-20(27)19-10-6-14-28-19)25-15-18-9-5-13-26(18)16-17-7-3-2-4-8-17;/h2-4,6-8,10,14,18H,5,9,11-13,15-16H2,1H3,(H,23,27)(H2,22,24,25);1H. The van der Waals surface area contributed by atoms with Gasteiger partial charge in [0.25, 0.3) is 5.91 Å². The average molecular weight is 511 g/mol. The van der Waals surface area contributed by atoms with Crippen molar-refractivity contribution in [2.24, 2.45) is 4.99 Å². The van der Waals surface area contributed by atoms with Gasteiger partial charge in [0.2, 0.25) is 0 Å². The molecule has 2 aromatic rings. The van der Waals surface area contributed by atoms with Crippen LogP contribution in [0.3, 0.4) is 0 Å². The third kappa shape index (κ3) is 7.36. The van der Waals surface area contributed by atoms with Gasteiger partial charge in [0, 0.05) is 39.3 Å². The van der Waals surface area contributed by atoms with E-state index in [1.165, 1.54) is 24.7 Å². The second kappa shape index (κ2) is 12.5. The molecule has 29 heavy (non-hydrogen) atoms. The van der Waals surface area contributed by atoms with E-state index in [9.17, 15) is 4.79 Å². The molecule has 0 radical (unpaired) electrons. The average Bonchev–Trinajstić information content (AvgIpc) is 3.40. The van der Waals surface area contributed by atoms with Gasteiger partial charge in [-0.15, -0.1) is 24.0 Å². The topological polar surface area (TPSA) is 81.9 Å². The predicted octanol–water partition coefficient (Wildman–Crippen LogP) is 2.46.